The quantitative estimate of drug-likeness (QED) is 0.678. The number of rotatable bonds is 5. The van der Waals surface area contributed by atoms with Crippen LogP contribution in [0.4, 0.5) is 0 Å². The predicted molar refractivity (Wildman–Crippen MR) is 94.0 cm³/mol. The zero-order valence-corrected chi connectivity index (χ0v) is 13.5. The Hall–Kier alpha value is -2.43. The number of phenols is 1. The summed E-state index contributed by atoms with van der Waals surface area (Å²) >= 11 is 0. The number of carbonyl (C=O) groups is 1. The highest BCUT2D eigenvalue weighted by Gasteiger charge is 2.12. The van der Waals surface area contributed by atoms with E-state index in [1.54, 1.807) is 24.3 Å². The lowest BCUT2D eigenvalue weighted by Gasteiger charge is -2.26. The summed E-state index contributed by atoms with van der Waals surface area (Å²) in [7, 11) is 0. The van der Waals surface area contributed by atoms with Crippen LogP contribution in [0.3, 0.4) is 0 Å². The lowest BCUT2D eigenvalue weighted by Crippen LogP contribution is -2.35. The summed E-state index contributed by atoms with van der Waals surface area (Å²) < 4.78 is 5.33. The minimum atomic E-state index is -0.0486. The minimum Gasteiger partial charge on any atom is -0.508 e. The molecule has 0 aromatic heterocycles. The van der Waals surface area contributed by atoms with Crippen LogP contribution in [-0.2, 0) is 11.3 Å². The number of hydrogen-bond donors (Lipinski definition) is 1. The smallest absolute Gasteiger partial charge is 0.185 e. The highest BCUT2D eigenvalue weighted by Crippen LogP contribution is 2.22. The molecule has 0 saturated carbocycles. The van der Waals surface area contributed by atoms with Crippen LogP contribution in [0.5, 0.6) is 5.75 Å². The van der Waals surface area contributed by atoms with E-state index in [9.17, 15) is 9.90 Å². The molecular weight excluding hydrogens is 302 g/mol. The molecule has 1 saturated heterocycles. The Morgan fingerprint density at radius 3 is 2.58 bits per heavy atom. The van der Waals surface area contributed by atoms with Gasteiger partial charge in [-0.15, -0.1) is 0 Å². The van der Waals surface area contributed by atoms with Crippen molar-refractivity contribution in [3.05, 3.63) is 71.3 Å². The van der Waals surface area contributed by atoms with E-state index in [2.05, 4.69) is 4.90 Å². The fraction of sp³-hybridized carbons (Fsp3) is 0.250. The van der Waals surface area contributed by atoms with E-state index < -0.39 is 0 Å². The second-order valence-electron chi connectivity index (χ2n) is 5.84. The first-order chi connectivity index (χ1) is 11.7. The summed E-state index contributed by atoms with van der Waals surface area (Å²) in [5.41, 5.74) is 2.35. The Bertz CT molecular complexity index is 719. The summed E-state index contributed by atoms with van der Waals surface area (Å²) in [5.74, 6) is 0.211. The zero-order valence-electron chi connectivity index (χ0n) is 13.5. The van der Waals surface area contributed by atoms with E-state index >= 15 is 0 Å². The first-order valence-electron chi connectivity index (χ1n) is 8.12. The molecular formula is C20H21NO3. The normalized spacial score (nSPS) is 15.7. The van der Waals surface area contributed by atoms with E-state index in [-0.39, 0.29) is 11.5 Å². The summed E-state index contributed by atoms with van der Waals surface area (Å²) in [5, 5.41) is 10.2. The third-order valence-corrected chi connectivity index (χ3v) is 4.09. The van der Waals surface area contributed by atoms with Gasteiger partial charge in [0.2, 0.25) is 0 Å². The molecule has 24 heavy (non-hydrogen) atoms. The average Bonchev–Trinajstić information content (AvgIpc) is 2.63. The van der Waals surface area contributed by atoms with E-state index in [1.807, 2.05) is 30.3 Å². The van der Waals surface area contributed by atoms with Crippen molar-refractivity contribution in [3.8, 4) is 5.75 Å². The fourth-order valence-corrected chi connectivity index (χ4v) is 2.69. The number of carbonyl (C=O) groups excluding carboxylic acids is 1. The molecule has 3 rings (SSSR count). The van der Waals surface area contributed by atoms with Crippen molar-refractivity contribution in [1.29, 1.82) is 0 Å². The number of phenolic OH excluding ortho intramolecular Hbond substituents is 1. The number of aromatic hydroxyl groups is 1. The molecule has 124 valence electrons. The molecule has 4 nitrogen and oxygen atoms in total. The van der Waals surface area contributed by atoms with Crippen molar-refractivity contribution in [1.82, 2.24) is 4.90 Å². The molecule has 1 N–H and O–H groups in total. The van der Waals surface area contributed by atoms with Crippen molar-refractivity contribution in [2.75, 3.05) is 26.3 Å². The number of benzene rings is 2. The van der Waals surface area contributed by atoms with Crippen molar-refractivity contribution in [3.63, 3.8) is 0 Å². The molecule has 1 aliphatic heterocycles. The molecule has 0 bridgehead atoms. The molecule has 2 aromatic carbocycles. The van der Waals surface area contributed by atoms with Gasteiger partial charge >= 0.3 is 0 Å². The molecule has 1 fully saturated rings. The van der Waals surface area contributed by atoms with Crippen LogP contribution in [-0.4, -0.2) is 42.1 Å². The van der Waals surface area contributed by atoms with Crippen LogP contribution >= 0.6 is 0 Å². The molecule has 1 heterocycles. The maximum Gasteiger partial charge on any atom is 0.185 e. The maximum atomic E-state index is 12.1. The maximum absolute atomic E-state index is 12.1. The largest absolute Gasteiger partial charge is 0.508 e. The number of hydrogen-bond acceptors (Lipinski definition) is 4. The second kappa shape index (κ2) is 7.90. The van der Waals surface area contributed by atoms with Gasteiger partial charge in [0.1, 0.15) is 5.75 Å². The summed E-state index contributed by atoms with van der Waals surface area (Å²) in [4.78, 5) is 14.3. The van der Waals surface area contributed by atoms with Gasteiger partial charge < -0.3 is 9.84 Å². The lowest BCUT2D eigenvalue weighted by molar-refractivity contribution is 0.0339. The van der Waals surface area contributed by atoms with Gasteiger partial charge in [-0.05, 0) is 17.7 Å². The molecule has 0 aliphatic carbocycles. The van der Waals surface area contributed by atoms with E-state index in [4.69, 9.17) is 4.74 Å². The van der Waals surface area contributed by atoms with Crippen LogP contribution in [0, 0.1) is 0 Å². The number of ketones is 1. The third-order valence-electron chi connectivity index (χ3n) is 4.09. The van der Waals surface area contributed by atoms with Crippen molar-refractivity contribution in [2.45, 2.75) is 6.54 Å². The van der Waals surface area contributed by atoms with Crippen molar-refractivity contribution in [2.24, 2.45) is 0 Å². The SMILES string of the molecule is O=C(/C=C/c1ccc(CN2CCOCC2)c(O)c1)c1ccccc1. The Morgan fingerprint density at radius 1 is 1.12 bits per heavy atom. The fourth-order valence-electron chi connectivity index (χ4n) is 2.69. The van der Waals surface area contributed by atoms with E-state index in [0.29, 0.717) is 12.1 Å². The molecule has 0 amide bonds. The van der Waals surface area contributed by atoms with Gasteiger partial charge in [-0.25, -0.2) is 0 Å². The van der Waals surface area contributed by atoms with E-state index in [1.165, 1.54) is 6.08 Å². The predicted octanol–water partition coefficient (Wildman–Crippen LogP) is 3.12. The van der Waals surface area contributed by atoms with Crippen LogP contribution < -0.4 is 0 Å². The summed E-state index contributed by atoms with van der Waals surface area (Å²) in [6, 6.07) is 14.7. The van der Waals surface area contributed by atoms with Gasteiger partial charge in [-0.3, -0.25) is 9.69 Å². The molecule has 1 aliphatic rings. The third kappa shape index (κ3) is 4.31. The monoisotopic (exact) mass is 323 g/mol. The number of allylic oxidation sites excluding steroid dienone is 1. The molecule has 0 unspecified atom stereocenters. The Balaban J connectivity index is 1.65. The second-order valence-corrected chi connectivity index (χ2v) is 5.84. The number of nitrogens with zero attached hydrogens (tertiary/aromatic N) is 1. The topological polar surface area (TPSA) is 49.8 Å². The van der Waals surface area contributed by atoms with Gasteiger partial charge in [0, 0.05) is 30.8 Å². The standard InChI is InChI=1S/C20H21NO3/c22-19(17-4-2-1-3-5-17)9-7-16-6-8-18(20(23)14-16)15-21-10-12-24-13-11-21/h1-9,14,23H,10-13,15H2/b9-7+. The van der Waals surface area contributed by atoms with Gasteiger partial charge in [0.25, 0.3) is 0 Å². The highest BCUT2D eigenvalue weighted by molar-refractivity contribution is 6.06. The van der Waals surface area contributed by atoms with Gasteiger partial charge in [0.05, 0.1) is 13.2 Å². The van der Waals surface area contributed by atoms with E-state index in [0.717, 1.165) is 37.4 Å². The zero-order chi connectivity index (χ0) is 16.8. The van der Waals surface area contributed by atoms with Crippen LogP contribution in [0.1, 0.15) is 21.5 Å². The summed E-state index contributed by atoms with van der Waals surface area (Å²) in [6.45, 7) is 3.95. The van der Waals surface area contributed by atoms with Crippen LogP contribution in [0.15, 0.2) is 54.6 Å². The molecule has 2 aromatic rings. The number of morpholine rings is 1. The summed E-state index contributed by atoms with van der Waals surface area (Å²) in [6.07, 6.45) is 3.26. The van der Waals surface area contributed by atoms with Gasteiger partial charge in [0.15, 0.2) is 5.78 Å². The number of ether oxygens (including phenoxy) is 1. The van der Waals surface area contributed by atoms with Crippen LogP contribution in [0.2, 0.25) is 0 Å². The van der Waals surface area contributed by atoms with Crippen molar-refractivity contribution >= 4 is 11.9 Å². The first-order valence-corrected chi connectivity index (χ1v) is 8.12. The highest BCUT2D eigenvalue weighted by atomic mass is 16.5. The average molecular weight is 323 g/mol. The Labute approximate surface area is 142 Å². The van der Waals surface area contributed by atoms with Crippen molar-refractivity contribution < 1.29 is 14.6 Å². The first kappa shape index (κ1) is 16.4. The minimum absolute atomic E-state index is 0.0486. The lowest BCUT2D eigenvalue weighted by atomic mass is 10.1. The Morgan fingerprint density at radius 2 is 1.88 bits per heavy atom. The van der Waals surface area contributed by atoms with Gasteiger partial charge in [-0.2, -0.15) is 0 Å². The molecule has 0 atom stereocenters. The van der Waals surface area contributed by atoms with Crippen LogP contribution in [0.25, 0.3) is 6.08 Å². The van der Waals surface area contributed by atoms with Gasteiger partial charge in [-0.1, -0.05) is 48.5 Å². The molecule has 0 spiro atoms. The Kier molecular flexibility index (Phi) is 5.41. The molecule has 0 radical (unpaired) electrons. The molecule has 4 heteroatoms.